The maximum atomic E-state index is 12.8. The third-order valence-corrected chi connectivity index (χ3v) is 6.41. The second kappa shape index (κ2) is 9.13. The molecule has 4 heterocycles. The summed E-state index contributed by atoms with van der Waals surface area (Å²) in [5, 5.41) is 13.6. The van der Waals surface area contributed by atoms with Crippen molar-refractivity contribution >= 4 is 28.7 Å². The van der Waals surface area contributed by atoms with Crippen molar-refractivity contribution in [2.75, 3.05) is 31.5 Å². The summed E-state index contributed by atoms with van der Waals surface area (Å²) in [6.45, 7) is 5.35. The molecule has 1 aromatic carbocycles. The lowest BCUT2D eigenvalue weighted by Gasteiger charge is -2.24. The average molecular weight is 451 g/mol. The number of anilines is 1. The van der Waals surface area contributed by atoms with E-state index in [4.69, 9.17) is 4.98 Å². The number of hydrogen-bond acceptors (Lipinski definition) is 5. The molecule has 3 aromatic rings. The van der Waals surface area contributed by atoms with Gasteiger partial charge in [0.2, 0.25) is 5.91 Å². The number of carbonyl (C=O) groups is 2. The zero-order valence-electron chi connectivity index (χ0n) is 18.9. The van der Waals surface area contributed by atoms with E-state index < -0.39 is 0 Å². The standard InChI is InChI=1S/C23H30N8O2/c1-16-3-4-17-18(27-16)5-6-19-22(17)28-20(7-12-30-11-2-8-26-30)31(19)15-21(32)24-9-13-29-14-10-25-23(29)33/h2,5-6,8,11,16,27H,3-4,7,9-10,12-15H2,1H3,(H,24,32)(H,25,33)/t16-/m0/s1. The molecule has 1 atom stereocenters. The molecule has 3 amide bonds. The highest BCUT2D eigenvalue weighted by Gasteiger charge is 2.22. The van der Waals surface area contributed by atoms with Crippen LogP contribution in [0.2, 0.25) is 0 Å². The first-order valence-corrected chi connectivity index (χ1v) is 11.6. The largest absolute Gasteiger partial charge is 0.382 e. The number of rotatable bonds is 8. The van der Waals surface area contributed by atoms with Crippen LogP contribution < -0.4 is 16.0 Å². The van der Waals surface area contributed by atoms with Crippen molar-refractivity contribution in [1.29, 1.82) is 0 Å². The van der Waals surface area contributed by atoms with Crippen LogP contribution in [0.3, 0.4) is 0 Å². The van der Waals surface area contributed by atoms with Gasteiger partial charge in [0.05, 0.1) is 11.0 Å². The van der Waals surface area contributed by atoms with Gasteiger partial charge in [-0.05, 0) is 38.0 Å². The monoisotopic (exact) mass is 450 g/mol. The molecule has 5 rings (SSSR count). The highest BCUT2D eigenvalue weighted by molar-refractivity contribution is 5.87. The smallest absolute Gasteiger partial charge is 0.317 e. The Morgan fingerprint density at radius 3 is 3.00 bits per heavy atom. The summed E-state index contributed by atoms with van der Waals surface area (Å²) in [4.78, 5) is 31.2. The molecule has 0 saturated carbocycles. The van der Waals surface area contributed by atoms with Crippen LogP contribution in [-0.4, -0.2) is 68.4 Å². The summed E-state index contributed by atoms with van der Waals surface area (Å²) < 4.78 is 3.90. The number of amides is 3. The molecule has 33 heavy (non-hydrogen) atoms. The van der Waals surface area contributed by atoms with Crippen LogP contribution in [0.15, 0.2) is 30.6 Å². The highest BCUT2D eigenvalue weighted by Crippen LogP contribution is 2.32. The van der Waals surface area contributed by atoms with E-state index >= 15 is 0 Å². The number of fused-ring (bicyclic) bond motifs is 3. The Bertz CT molecular complexity index is 1150. The van der Waals surface area contributed by atoms with Crippen molar-refractivity contribution in [1.82, 2.24) is 34.9 Å². The van der Waals surface area contributed by atoms with Crippen LogP contribution in [0.25, 0.3) is 11.0 Å². The van der Waals surface area contributed by atoms with Crippen LogP contribution in [-0.2, 0) is 30.7 Å². The second-order valence-electron chi connectivity index (χ2n) is 8.75. The van der Waals surface area contributed by atoms with Gasteiger partial charge >= 0.3 is 6.03 Å². The van der Waals surface area contributed by atoms with Crippen molar-refractivity contribution in [3.8, 4) is 0 Å². The number of hydrogen-bond donors (Lipinski definition) is 3. The Morgan fingerprint density at radius 2 is 2.21 bits per heavy atom. The molecule has 0 aliphatic carbocycles. The molecule has 2 aromatic heterocycles. The van der Waals surface area contributed by atoms with E-state index in [0.29, 0.717) is 45.2 Å². The Kier molecular flexibility index (Phi) is 5.89. The maximum absolute atomic E-state index is 12.8. The molecule has 10 nitrogen and oxygen atoms in total. The minimum atomic E-state index is -0.0845. The molecule has 0 spiro atoms. The number of nitrogens with zero attached hydrogens (tertiary/aromatic N) is 5. The van der Waals surface area contributed by atoms with Gasteiger partial charge in [0.15, 0.2) is 0 Å². The minimum Gasteiger partial charge on any atom is -0.382 e. The average Bonchev–Trinajstić information content (AvgIpc) is 3.53. The maximum Gasteiger partial charge on any atom is 0.317 e. The summed E-state index contributed by atoms with van der Waals surface area (Å²) in [5.74, 6) is 0.792. The molecule has 1 fully saturated rings. The molecule has 2 aliphatic heterocycles. The third kappa shape index (κ3) is 4.50. The summed E-state index contributed by atoms with van der Waals surface area (Å²) in [6, 6.07) is 6.44. The van der Waals surface area contributed by atoms with E-state index in [1.54, 1.807) is 11.1 Å². The van der Waals surface area contributed by atoms with Crippen LogP contribution in [0.5, 0.6) is 0 Å². The number of aromatic nitrogens is 4. The molecular formula is C23H30N8O2. The van der Waals surface area contributed by atoms with Gasteiger partial charge in [-0.25, -0.2) is 9.78 Å². The lowest BCUT2D eigenvalue weighted by atomic mass is 9.98. The highest BCUT2D eigenvalue weighted by atomic mass is 16.2. The lowest BCUT2D eigenvalue weighted by molar-refractivity contribution is -0.121. The number of aryl methyl sites for hydroxylation is 3. The number of carbonyl (C=O) groups excluding carboxylic acids is 2. The van der Waals surface area contributed by atoms with Crippen LogP contribution in [0.4, 0.5) is 10.5 Å². The molecule has 0 radical (unpaired) electrons. The molecule has 174 valence electrons. The van der Waals surface area contributed by atoms with Gasteiger partial charge in [0.25, 0.3) is 0 Å². The first-order valence-electron chi connectivity index (χ1n) is 11.6. The Morgan fingerprint density at radius 1 is 1.30 bits per heavy atom. The summed E-state index contributed by atoms with van der Waals surface area (Å²) in [5.41, 5.74) is 4.32. The lowest BCUT2D eigenvalue weighted by Crippen LogP contribution is -2.38. The topological polar surface area (TPSA) is 109 Å². The summed E-state index contributed by atoms with van der Waals surface area (Å²) in [7, 11) is 0. The second-order valence-corrected chi connectivity index (χ2v) is 8.75. The predicted octanol–water partition coefficient (Wildman–Crippen LogP) is 1.36. The van der Waals surface area contributed by atoms with Gasteiger partial charge in [0, 0.05) is 68.8 Å². The number of imidazole rings is 1. The van der Waals surface area contributed by atoms with Crippen molar-refractivity contribution in [3.05, 3.63) is 42.0 Å². The normalized spacial score (nSPS) is 17.7. The Balaban J connectivity index is 1.35. The third-order valence-electron chi connectivity index (χ3n) is 6.41. The zero-order valence-corrected chi connectivity index (χ0v) is 18.9. The SMILES string of the molecule is C[C@H]1CCc2c(ccc3c2nc(CCn2cccn2)n3CC(=O)NCCN2CCNC2=O)N1. The van der Waals surface area contributed by atoms with E-state index in [0.717, 1.165) is 35.4 Å². The van der Waals surface area contributed by atoms with Crippen molar-refractivity contribution in [2.24, 2.45) is 0 Å². The van der Waals surface area contributed by atoms with Crippen LogP contribution in [0.1, 0.15) is 24.7 Å². The van der Waals surface area contributed by atoms with Gasteiger partial charge < -0.3 is 25.4 Å². The van der Waals surface area contributed by atoms with E-state index in [2.05, 4.69) is 40.1 Å². The Hall–Kier alpha value is -3.56. The molecule has 10 heteroatoms. The quantitative estimate of drug-likeness (QED) is 0.480. The molecule has 0 unspecified atom stereocenters. The van der Waals surface area contributed by atoms with Gasteiger partial charge in [0.1, 0.15) is 12.4 Å². The fourth-order valence-corrected chi connectivity index (χ4v) is 4.65. The van der Waals surface area contributed by atoms with E-state index in [9.17, 15) is 9.59 Å². The molecule has 0 bridgehead atoms. The van der Waals surface area contributed by atoms with Gasteiger partial charge in [-0.15, -0.1) is 0 Å². The molecule has 2 aliphatic rings. The first kappa shape index (κ1) is 21.3. The summed E-state index contributed by atoms with van der Waals surface area (Å²) in [6.07, 6.45) is 6.41. The fraction of sp³-hybridized carbons (Fsp3) is 0.478. The van der Waals surface area contributed by atoms with E-state index in [-0.39, 0.29) is 18.5 Å². The summed E-state index contributed by atoms with van der Waals surface area (Å²) >= 11 is 0. The van der Waals surface area contributed by atoms with Crippen molar-refractivity contribution < 1.29 is 9.59 Å². The molecular weight excluding hydrogens is 420 g/mol. The molecule has 1 saturated heterocycles. The van der Waals surface area contributed by atoms with Crippen molar-refractivity contribution in [3.63, 3.8) is 0 Å². The van der Waals surface area contributed by atoms with Gasteiger partial charge in [-0.2, -0.15) is 5.10 Å². The zero-order chi connectivity index (χ0) is 22.8. The first-order chi connectivity index (χ1) is 16.1. The van der Waals surface area contributed by atoms with E-state index in [1.165, 1.54) is 5.56 Å². The number of urea groups is 1. The van der Waals surface area contributed by atoms with Crippen LogP contribution in [0, 0.1) is 0 Å². The van der Waals surface area contributed by atoms with Crippen LogP contribution >= 0.6 is 0 Å². The van der Waals surface area contributed by atoms with Gasteiger partial charge in [-0.3, -0.25) is 9.48 Å². The number of benzene rings is 1. The Labute approximate surface area is 192 Å². The van der Waals surface area contributed by atoms with E-state index in [1.807, 2.05) is 21.5 Å². The van der Waals surface area contributed by atoms with Crippen molar-refractivity contribution in [2.45, 2.75) is 45.3 Å². The fourth-order valence-electron chi connectivity index (χ4n) is 4.65. The molecule has 3 N–H and O–H groups in total. The van der Waals surface area contributed by atoms with Gasteiger partial charge in [-0.1, -0.05) is 0 Å². The minimum absolute atomic E-state index is 0.0709. The number of nitrogens with one attached hydrogen (secondary N) is 3. The predicted molar refractivity (Wildman–Crippen MR) is 125 cm³/mol.